The fourth-order valence-electron chi connectivity index (χ4n) is 2.62. The Balaban J connectivity index is 4.14. The average Bonchev–Trinajstić information content (AvgIpc) is 2.92. The molecule has 0 heterocycles. The molecule has 248 valence electrons. The molecular formula is C27H44O16. The SMILES string of the molecule is CC(O)COC(=O)CCC(=O)OC(C)COC(=O)OCC(C)(C)COC(=O)OCC(C)OC(=O)CCC(=O)OCC(C)O. The van der Waals surface area contributed by atoms with Crippen LogP contribution in [-0.2, 0) is 57.1 Å². The number of hydrogen-bond donors (Lipinski definition) is 2. The van der Waals surface area contributed by atoms with E-state index in [1.54, 1.807) is 13.8 Å². The number of rotatable bonds is 20. The molecule has 0 radical (unpaired) electrons. The first-order valence-electron chi connectivity index (χ1n) is 13.6. The van der Waals surface area contributed by atoms with Crippen molar-refractivity contribution in [3.63, 3.8) is 0 Å². The number of esters is 4. The molecule has 0 fully saturated rings. The van der Waals surface area contributed by atoms with Crippen molar-refractivity contribution in [2.75, 3.05) is 39.6 Å². The van der Waals surface area contributed by atoms with Crippen LogP contribution in [0.2, 0.25) is 0 Å². The number of hydrogen-bond acceptors (Lipinski definition) is 16. The molecule has 0 rings (SSSR count). The number of aliphatic hydroxyl groups excluding tert-OH is 2. The highest BCUT2D eigenvalue weighted by molar-refractivity contribution is 5.78. The summed E-state index contributed by atoms with van der Waals surface area (Å²) < 4.78 is 39.3. The predicted octanol–water partition coefficient (Wildman–Crippen LogP) is 1.59. The smallest absolute Gasteiger partial charge is 0.463 e. The Labute approximate surface area is 250 Å². The normalized spacial score (nSPS) is 13.8. The molecule has 0 aliphatic rings. The molecule has 0 amide bonds. The standard InChI is InChI=1S/C27H44O16/c1-17(28)11-36-21(30)7-9-23(32)42-19(3)13-38-25(34)40-15-27(5,6)16-41-26(35)39-14-20(4)43-24(33)10-8-22(31)37-12-18(2)29/h17-20,28-29H,7-16H2,1-6H3. The van der Waals surface area contributed by atoms with Gasteiger partial charge in [0, 0.05) is 5.41 Å². The van der Waals surface area contributed by atoms with Gasteiger partial charge in [0.2, 0.25) is 0 Å². The molecule has 0 spiro atoms. The second kappa shape index (κ2) is 21.1. The minimum absolute atomic E-state index is 0.179. The molecule has 0 saturated carbocycles. The van der Waals surface area contributed by atoms with Gasteiger partial charge >= 0.3 is 36.2 Å². The Hall–Kier alpha value is -3.66. The van der Waals surface area contributed by atoms with Crippen LogP contribution in [0.4, 0.5) is 9.59 Å². The number of carbonyl (C=O) groups excluding carboxylic acids is 6. The van der Waals surface area contributed by atoms with E-state index in [2.05, 4.69) is 0 Å². The van der Waals surface area contributed by atoms with Crippen molar-refractivity contribution in [2.45, 2.75) is 91.6 Å². The van der Waals surface area contributed by atoms with Crippen LogP contribution in [0.15, 0.2) is 0 Å². The molecule has 16 heteroatoms. The summed E-state index contributed by atoms with van der Waals surface area (Å²) >= 11 is 0. The molecule has 4 atom stereocenters. The zero-order valence-corrected chi connectivity index (χ0v) is 25.5. The van der Waals surface area contributed by atoms with Crippen LogP contribution in [0.5, 0.6) is 0 Å². The van der Waals surface area contributed by atoms with Gasteiger partial charge in [-0.3, -0.25) is 19.2 Å². The third-order valence-electron chi connectivity index (χ3n) is 4.74. The molecule has 0 aromatic heterocycles. The van der Waals surface area contributed by atoms with Crippen LogP contribution in [0, 0.1) is 5.41 Å². The van der Waals surface area contributed by atoms with E-state index in [0.29, 0.717) is 0 Å². The lowest BCUT2D eigenvalue weighted by Crippen LogP contribution is -2.30. The molecular weight excluding hydrogens is 580 g/mol. The Bertz CT molecular complexity index is 827. The van der Waals surface area contributed by atoms with Crippen LogP contribution < -0.4 is 0 Å². The van der Waals surface area contributed by atoms with Gasteiger partial charge in [-0.25, -0.2) is 9.59 Å². The highest BCUT2D eigenvalue weighted by atomic mass is 16.7. The van der Waals surface area contributed by atoms with Gasteiger partial charge in [0.25, 0.3) is 0 Å². The van der Waals surface area contributed by atoms with E-state index < -0.39 is 66.0 Å². The molecule has 0 aromatic rings. The highest BCUT2D eigenvalue weighted by Crippen LogP contribution is 2.17. The molecule has 4 unspecified atom stereocenters. The van der Waals surface area contributed by atoms with Crippen molar-refractivity contribution in [2.24, 2.45) is 5.41 Å². The van der Waals surface area contributed by atoms with Crippen molar-refractivity contribution >= 4 is 36.2 Å². The van der Waals surface area contributed by atoms with Crippen molar-refractivity contribution in [1.29, 1.82) is 0 Å². The Morgan fingerprint density at radius 3 is 1.16 bits per heavy atom. The van der Waals surface area contributed by atoms with Gasteiger partial charge in [-0.15, -0.1) is 0 Å². The summed E-state index contributed by atoms with van der Waals surface area (Å²) in [5, 5.41) is 18.1. The molecule has 0 bridgehead atoms. The lowest BCUT2D eigenvalue weighted by molar-refractivity contribution is -0.155. The first-order chi connectivity index (χ1) is 20.0. The monoisotopic (exact) mass is 624 g/mol. The highest BCUT2D eigenvalue weighted by Gasteiger charge is 2.25. The van der Waals surface area contributed by atoms with Crippen molar-refractivity contribution in [1.82, 2.24) is 0 Å². The average molecular weight is 625 g/mol. The van der Waals surface area contributed by atoms with E-state index in [4.69, 9.17) is 48.1 Å². The van der Waals surface area contributed by atoms with Gasteiger partial charge in [-0.05, 0) is 27.7 Å². The Kier molecular flexibility index (Phi) is 19.3. The fourth-order valence-corrected chi connectivity index (χ4v) is 2.62. The first-order valence-corrected chi connectivity index (χ1v) is 13.6. The minimum atomic E-state index is -1.05. The van der Waals surface area contributed by atoms with Gasteiger partial charge in [-0.1, -0.05) is 13.8 Å². The maximum atomic E-state index is 11.9. The first kappa shape index (κ1) is 39.3. The van der Waals surface area contributed by atoms with Crippen LogP contribution >= 0.6 is 0 Å². The molecule has 43 heavy (non-hydrogen) atoms. The van der Waals surface area contributed by atoms with E-state index in [1.807, 2.05) is 0 Å². The zero-order chi connectivity index (χ0) is 33.0. The van der Waals surface area contributed by atoms with Gasteiger partial charge in [-0.2, -0.15) is 0 Å². The largest absolute Gasteiger partial charge is 0.508 e. The molecule has 2 N–H and O–H groups in total. The summed E-state index contributed by atoms with van der Waals surface area (Å²) in [6.07, 6.45) is -6.34. The van der Waals surface area contributed by atoms with E-state index in [-0.39, 0.29) is 65.3 Å². The summed E-state index contributed by atoms with van der Waals surface area (Å²) in [6.45, 7) is 7.74. The molecule has 0 aliphatic heterocycles. The third kappa shape index (κ3) is 23.6. The van der Waals surface area contributed by atoms with Crippen molar-refractivity contribution in [3.8, 4) is 0 Å². The van der Waals surface area contributed by atoms with Gasteiger partial charge in [0.1, 0.15) is 51.8 Å². The number of ether oxygens (including phenoxy) is 8. The Morgan fingerprint density at radius 1 is 0.512 bits per heavy atom. The molecule has 16 nitrogen and oxygen atoms in total. The fraction of sp³-hybridized carbons (Fsp3) is 0.778. The second-order valence-electron chi connectivity index (χ2n) is 10.5. The van der Waals surface area contributed by atoms with E-state index >= 15 is 0 Å². The van der Waals surface area contributed by atoms with Crippen LogP contribution in [0.1, 0.15) is 67.2 Å². The summed E-state index contributed by atoms with van der Waals surface area (Å²) in [5.41, 5.74) is -0.834. The van der Waals surface area contributed by atoms with Crippen LogP contribution in [0.3, 0.4) is 0 Å². The maximum absolute atomic E-state index is 11.9. The van der Waals surface area contributed by atoms with E-state index in [1.165, 1.54) is 27.7 Å². The van der Waals surface area contributed by atoms with Crippen molar-refractivity contribution in [3.05, 3.63) is 0 Å². The summed E-state index contributed by atoms with van der Waals surface area (Å²) in [6, 6.07) is 0. The second-order valence-corrected chi connectivity index (χ2v) is 10.5. The predicted molar refractivity (Wildman–Crippen MR) is 143 cm³/mol. The van der Waals surface area contributed by atoms with Gasteiger partial charge in [0.15, 0.2) is 0 Å². The quantitative estimate of drug-likeness (QED) is 0.145. The van der Waals surface area contributed by atoms with Crippen molar-refractivity contribution < 1.29 is 76.9 Å². The van der Waals surface area contributed by atoms with E-state index in [9.17, 15) is 28.8 Å². The lowest BCUT2D eigenvalue weighted by atomic mass is 9.96. The molecule has 0 aromatic carbocycles. The number of aliphatic hydroxyl groups is 2. The van der Waals surface area contributed by atoms with Crippen LogP contribution in [0.25, 0.3) is 0 Å². The zero-order valence-electron chi connectivity index (χ0n) is 25.5. The summed E-state index contributed by atoms with van der Waals surface area (Å²) in [4.78, 5) is 70.3. The topological polar surface area (TPSA) is 217 Å². The number of carbonyl (C=O) groups is 6. The van der Waals surface area contributed by atoms with Crippen LogP contribution in [-0.4, -0.2) is 110 Å². The Morgan fingerprint density at radius 2 is 0.837 bits per heavy atom. The summed E-state index contributed by atoms with van der Waals surface area (Å²) in [5.74, 6) is -2.74. The third-order valence-corrected chi connectivity index (χ3v) is 4.74. The summed E-state index contributed by atoms with van der Waals surface area (Å²) in [7, 11) is 0. The maximum Gasteiger partial charge on any atom is 0.508 e. The van der Waals surface area contributed by atoms with Gasteiger partial charge < -0.3 is 48.1 Å². The molecule has 0 saturated heterocycles. The molecule has 0 aliphatic carbocycles. The lowest BCUT2D eigenvalue weighted by Gasteiger charge is -2.23. The van der Waals surface area contributed by atoms with Gasteiger partial charge in [0.05, 0.1) is 37.9 Å². The van der Waals surface area contributed by atoms with E-state index in [0.717, 1.165) is 0 Å². The minimum Gasteiger partial charge on any atom is -0.463 e.